The van der Waals surface area contributed by atoms with Gasteiger partial charge in [-0.15, -0.1) is 0 Å². The minimum atomic E-state index is 0.456. The number of methoxy groups -OCH3 is 2. The summed E-state index contributed by atoms with van der Waals surface area (Å²) in [7, 11) is 3.24. The van der Waals surface area contributed by atoms with Crippen molar-refractivity contribution >= 4 is 22.5 Å². The van der Waals surface area contributed by atoms with Crippen LogP contribution < -0.4 is 14.8 Å². The molecule has 0 radical (unpaired) electrons. The van der Waals surface area contributed by atoms with Crippen molar-refractivity contribution in [2.24, 2.45) is 0 Å². The van der Waals surface area contributed by atoms with E-state index in [9.17, 15) is 0 Å². The molecule has 0 saturated carbocycles. The predicted molar refractivity (Wildman–Crippen MR) is 75.5 cm³/mol. The molecule has 1 aromatic carbocycles. The third kappa shape index (κ3) is 2.11. The number of pyridine rings is 1. The maximum Gasteiger partial charge on any atom is 0.162 e. The van der Waals surface area contributed by atoms with Crippen LogP contribution in [0.15, 0.2) is 18.2 Å². The number of fused-ring (bicyclic) bond motifs is 1. The van der Waals surface area contributed by atoms with E-state index in [0.717, 1.165) is 29.6 Å². The lowest BCUT2D eigenvalue weighted by molar-refractivity contribution is 0.356. The van der Waals surface area contributed by atoms with Crippen molar-refractivity contribution in [2.45, 2.75) is 5.92 Å². The van der Waals surface area contributed by atoms with Crippen molar-refractivity contribution in [2.75, 3.05) is 27.3 Å². The summed E-state index contributed by atoms with van der Waals surface area (Å²) in [5.41, 5.74) is 1.92. The molecule has 100 valence electrons. The minimum absolute atomic E-state index is 0.456. The number of nitrogens with zero attached hydrogens (tertiary/aromatic N) is 1. The molecule has 1 aliphatic rings. The van der Waals surface area contributed by atoms with Crippen LogP contribution in [-0.2, 0) is 0 Å². The minimum Gasteiger partial charge on any atom is -0.493 e. The highest BCUT2D eigenvalue weighted by Crippen LogP contribution is 2.35. The summed E-state index contributed by atoms with van der Waals surface area (Å²) in [6.45, 7) is 1.92. The van der Waals surface area contributed by atoms with Gasteiger partial charge in [0.05, 0.1) is 19.7 Å². The average Bonchev–Trinajstić information content (AvgIpc) is 2.36. The van der Waals surface area contributed by atoms with Crippen LogP contribution in [0.2, 0.25) is 5.15 Å². The first-order valence-electron chi connectivity index (χ1n) is 6.16. The van der Waals surface area contributed by atoms with Gasteiger partial charge in [-0.3, -0.25) is 0 Å². The molecule has 0 unspecified atom stereocenters. The third-order valence-corrected chi connectivity index (χ3v) is 3.82. The first-order chi connectivity index (χ1) is 9.22. The van der Waals surface area contributed by atoms with Crippen LogP contribution in [0.3, 0.4) is 0 Å². The first kappa shape index (κ1) is 12.5. The van der Waals surface area contributed by atoms with E-state index in [-0.39, 0.29) is 0 Å². The van der Waals surface area contributed by atoms with E-state index in [1.54, 1.807) is 14.2 Å². The van der Waals surface area contributed by atoms with Crippen molar-refractivity contribution in [1.82, 2.24) is 10.3 Å². The molecule has 5 heteroatoms. The number of aromatic nitrogens is 1. The van der Waals surface area contributed by atoms with E-state index < -0.39 is 0 Å². The van der Waals surface area contributed by atoms with Gasteiger partial charge in [-0.1, -0.05) is 11.6 Å². The summed E-state index contributed by atoms with van der Waals surface area (Å²) in [6, 6.07) is 5.88. The molecule has 1 fully saturated rings. The lowest BCUT2D eigenvalue weighted by Gasteiger charge is -2.28. The molecule has 0 aliphatic carbocycles. The number of benzene rings is 1. The van der Waals surface area contributed by atoms with Gasteiger partial charge in [-0.05, 0) is 17.7 Å². The van der Waals surface area contributed by atoms with Gasteiger partial charge in [0, 0.05) is 30.5 Å². The van der Waals surface area contributed by atoms with Crippen molar-refractivity contribution in [3.8, 4) is 11.5 Å². The molecule has 0 spiro atoms. The van der Waals surface area contributed by atoms with Crippen LogP contribution in [0.5, 0.6) is 11.5 Å². The summed E-state index contributed by atoms with van der Waals surface area (Å²) >= 11 is 6.27. The smallest absolute Gasteiger partial charge is 0.162 e. The normalized spacial score (nSPS) is 15.3. The Morgan fingerprint density at radius 3 is 2.42 bits per heavy atom. The number of rotatable bonds is 3. The van der Waals surface area contributed by atoms with E-state index in [0.29, 0.717) is 22.6 Å². The number of halogens is 1. The fourth-order valence-corrected chi connectivity index (χ4v) is 2.59. The Balaban J connectivity index is 2.15. The Kier molecular flexibility index (Phi) is 3.21. The molecule has 1 saturated heterocycles. The van der Waals surface area contributed by atoms with E-state index >= 15 is 0 Å². The van der Waals surface area contributed by atoms with Crippen molar-refractivity contribution in [3.05, 3.63) is 28.9 Å². The van der Waals surface area contributed by atoms with Crippen LogP contribution in [0, 0.1) is 0 Å². The van der Waals surface area contributed by atoms with Gasteiger partial charge in [0.15, 0.2) is 11.5 Å². The third-order valence-electron chi connectivity index (χ3n) is 3.52. The number of ether oxygens (including phenoxy) is 2. The van der Waals surface area contributed by atoms with Gasteiger partial charge in [0.25, 0.3) is 0 Å². The Morgan fingerprint density at radius 2 is 1.84 bits per heavy atom. The van der Waals surface area contributed by atoms with E-state index in [1.807, 2.05) is 12.1 Å². The van der Waals surface area contributed by atoms with Crippen LogP contribution in [0.1, 0.15) is 11.5 Å². The monoisotopic (exact) mass is 278 g/mol. The van der Waals surface area contributed by atoms with Crippen molar-refractivity contribution in [3.63, 3.8) is 0 Å². The molecule has 2 heterocycles. The number of hydrogen-bond acceptors (Lipinski definition) is 4. The fraction of sp³-hybridized carbons (Fsp3) is 0.357. The average molecular weight is 279 g/mol. The zero-order chi connectivity index (χ0) is 13.4. The second-order valence-corrected chi connectivity index (χ2v) is 4.98. The number of nitrogens with one attached hydrogen (secondary N) is 1. The zero-order valence-corrected chi connectivity index (χ0v) is 11.6. The van der Waals surface area contributed by atoms with Gasteiger partial charge in [0.1, 0.15) is 5.15 Å². The van der Waals surface area contributed by atoms with Gasteiger partial charge in [0.2, 0.25) is 0 Å². The van der Waals surface area contributed by atoms with Crippen molar-refractivity contribution < 1.29 is 9.47 Å². The molecule has 0 bridgehead atoms. The molecule has 3 rings (SSSR count). The second-order valence-electron chi connectivity index (χ2n) is 4.62. The number of hydrogen-bond donors (Lipinski definition) is 1. The van der Waals surface area contributed by atoms with Gasteiger partial charge >= 0.3 is 0 Å². The molecule has 1 N–H and O–H groups in total. The molecule has 1 aromatic heterocycles. The lowest BCUT2D eigenvalue weighted by atomic mass is 9.94. The highest BCUT2D eigenvalue weighted by atomic mass is 35.5. The zero-order valence-electron chi connectivity index (χ0n) is 10.9. The predicted octanol–water partition coefficient (Wildman–Crippen LogP) is 2.59. The van der Waals surface area contributed by atoms with Gasteiger partial charge in [-0.25, -0.2) is 4.98 Å². The molecular formula is C14H15ClN2O2. The molecular weight excluding hydrogens is 264 g/mol. The summed E-state index contributed by atoms with van der Waals surface area (Å²) in [4.78, 5) is 4.46. The van der Waals surface area contributed by atoms with Crippen LogP contribution in [0.4, 0.5) is 0 Å². The summed E-state index contributed by atoms with van der Waals surface area (Å²) in [6.07, 6.45) is 0. The molecule has 0 amide bonds. The van der Waals surface area contributed by atoms with Gasteiger partial charge < -0.3 is 14.8 Å². The summed E-state index contributed by atoms with van der Waals surface area (Å²) in [5, 5.41) is 4.84. The van der Waals surface area contributed by atoms with E-state index in [2.05, 4.69) is 16.4 Å². The van der Waals surface area contributed by atoms with Crippen LogP contribution >= 0.6 is 11.6 Å². The molecule has 0 atom stereocenters. The Labute approximate surface area is 116 Å². The maximum absolute atomic E-state index is 6.27. The molecule has 19 heavy (non-hydrogen) atoms. The quantitative estimate of drug-likeness (QED) is 0.877. The van der Waals surface area contributed by atoms with Crippen LogP contribution in [0.25, 0.3) is 10.9 Å². The van der Waals surface area contributed by atoms with Crippen molar-refractivity contribution in [1.29, 1.82) is 0 Å². The summed E-state index contributed by atoms with van der Waals surface area (Å²) < 4.78 is 10.6. The lowest BCUT2D eigenvalue weighted by Crippen LogP contribution is -2.40. The standard InChI is InChI=1S/C14H15ClN2O2/c1-18-12-4-8-3-10(9-6-16-7-9)14(15)17-11(8)5-13(12)19-2/h3-5,9,16H,6-7H2,1-2H3. The second kappa shape index (κ2) is 4.87. The molecule has 4 nitrogen and oxygen atoms in total. The highest BCUT2D eigenvalue weighted by Gasteiger charge is 2.23. The molecule has 2 aromatic rings. The first-order valence-corrected chi connectivity index (χ1v) is 6.53. The largest absolute Gasteiger partial charge is 0.493 e. The van der Waals surface area contributed by atoms with E-state index in [4.69, 9.17) is 21.1 Å². The Morgan fingerprint density at radius 1 is 1.16 bits per heavy atom. The Hall–Kier alpha value is -1.52. The Bertz CT molecular complexity index is 626. The topological polar surface area (TPSA) is 43.4 Å². The summed E-state index contributed by atoms with van der Waals surface area (Å²) in [5.74, 6) is 1.82. The maximum atomic E-state index is 6.27. The van der Waals surface area contributed by atoms with E-state index in [1.165, 1.54) is 0 Å². The SMILES string of the molecule is COc1cc2cc(C3CNC3)c(Cl)nc2cc1OC. The molecule has 1 aliphatic heterocycles. The highest BCUT2D eigenvalue weighted by molar-refractivity contribution is 6.30. The van der Waals surface area contributed by atoms with Gasteiger partial charge in [-0.2, -0.15) is 0 Å². The van der Waals surface area contributed by atoms with Crippen LogP contribution in [-0.4, -0.2) is 32.3 Å². The fourth-order valence-electron chi connectivity index (χ4n) is 2.29.